The van der Waals surface area contributed by atoms with E-state index in [1.54, 1.807) is 30.6 Å². The first-order chi connectivity index (χ1) is 9.25. The Bertz CT molecular complexity index is 543. The summed E-state index contributed by atoms with van der Waals surface area (Å²) >= 11 is 0. The molecule has 0 aliphatic heterocycles. The SMILES string of the molecule is O=C(Cc1ccccc1F)NCCc1cccnc1. The van der Waals surface area contributed by atoms with Crippen molar-refractivity contribution in [3.05, 3.63) is 65.7 Å². The van der Waals surface area contributed by atoms with Crippen LogP contribution in [0.1, 0.15) is 11.1 Å². The van der Waals surface area contributed by atoms with E-state index in [2.05, 4.69) is 10.3 Å². The average Bonchev–Trinajstić information content (AvgIpc) is 2.43. The molecule has 1 heterocycles. The topological polar surface area (TPSA) is 42.0 Å². The largest absolute Gasteiger partial charge is 0.355 e. The number of benzene rings is 1. The first kappa shape index (κ1) is 13.2. The number of rotatable bonds is 5. The van der Waals surface area contributed by atoms with Crippen LogP contribution in [-0.4, -0.2) is 17.4 Å². The highest BCUT2D eigenvalue weighted by Crippen LogP contribution is 2.06. The Hall–Kier alpha value is -2.23. The normalized spacial score (nSPS) is 10.2. The van der Waals surface area contributed by atoms with Crippen LogP contribution in [0.25, 0.3) is 0 Å². The third-order valence-electron chi connectivity index (χ3n) is 2.77. The summed E-state index contributed by atoms with van der Waals surface area (Å²) < 4.78 is 13.3. The lowest BCUT2D eigenvalue weighted by Gasteiger charge is -2.06. The van der Waals surface area contributed by atoms with Gasteiger partial charge in [0.2, 0.25) is 5.91 Å². The third-order valence-corrected chi connectivity index (χ3v) is 2.77. The molecule has 1 aromatic carbocycles. The fourth-order valence-corrected chi connectivity index (χ4v) is 1.77. The van der Waals surface area contributed by atoms with Gasteiger partial charge < -0.3 is 5.32 Å². The summed E-state index contributed by atoms with van der Waals surface area (Å²) in [5.74, 6) is -0.515. The molecule has 1 amide bonds. The first-order valence-corrected chi connectivity index (χ1v) is 6.15. The zero-order chi connectivity index (χ0) is 13.5. The van der Waals surface area contributed by atoms with Crippen molar-refractivity contribution in [1.82, 2.24) is 10.3 Å². The Morgan fingerprint density at radius 2 is 2.05 bits per heavy atom. The maximum atomic E-state index is 13.3. The molecule has 3 nitrogen and oxygen atoms in total. The Balaban J connectivity index is 1.78. The van der Waals surface area contributed by atoms with Gasteiger partial charge in [-0.3, -0.25) is 9.78 Å². The number of carbonyl (C=O) groups is 1. The number of carbonyl (C=O) groups excluding carboxylic acids is 1. The average molecular weight is 258 g/mol. The van der Waals surface area contributed by atoms with E-state index in [1.807, 2.05) is 12.1 Å². The lowest BCUT2D eigenvalue weighted by molar-refractivity contribution is -0.120. The molecule has 0 aliphatic rings. The summed E-state index contributed by atoms with van der Waals surface area (Å²) in [5, 5.41) is 2.77. The highest BCUT2D eigenvalue weighted by molar-refractivity contribution is 5.78. The fourth-order valence-electron chi connectivity index (χ4n) is 1.77. The Morgan fingerprint density at radius 3 is 2.79 bits per heavy atom. The van der Waals surface area contributed by atoms with Gasteiger partial charge in [0, 0.05) is 18.9 Å². The van der Waals surface area contributed by atoms with E-state index in [0.717, 1.165) is 12.0 Å². The van der Waals surface area contributed by atoms with Crippen LogP contribution in [0, 0.1) is 5.82 Å². The molecule has 0 fully saturated rings. The number of hydrogen-bond donors (Lipinski definition) is 1. The molecule has 0 saturated carbocycles. The van der Waals surface area contributed by atoms with Crippen molar-refractivity contribution in [2.45, 2.75) is 12.8 Å². The summed E-state index contributed by atoms with van der Waals surface area (Å²) in [6.07, 6.45) is 4.26. The third kappa shape index (κ3) is 4.17. The molecule has 0 unspecified atom stereocenters. The van der Waals surface area contributed by atoms with Gasteiger partial charge in [-0.05, 0) is 29.7 Å². The monoisotopic (exact) mass is 258 g/mol. The summed E-state index contributed by atoms with van der Waals surface area (Å²) in [6.45, 7) is 0.527. The predicted octanol–water partition coefficient (Wildman–Crippen LogP) is 2.12. The number of aromatic nitrogens is 1. The van der Waals surface area contributed by atoms with Gasteiger partial charge in [-0.25, -0.2) is 4.39 Å². The first-order valence-electron chi connectivity index (χ1n) is 6.15. The zero-order valence-electron chi connectivity index (χ0n) is 10.5. The van der Waals surface area contributed by atoms with Gasteiger partial charge in [-0.15, -0.1) is 0 Å². The van der Waals surface area contributed by atoms with E-state index >= 15 is 0 Å². The summed E-state index contributed by atoms with van der Waals surface area (Å²) in [6, 6.07) is 10.1. The maximum Gasteiger partial charge on any atom is 0.224 e. The maximum absolute atomic E-state index is 13.3. The van der Waals surface area contributed by atoms with Gasteiger partial charge in [0.1, 0.15) is 5.82 Å². The molecule has 0 saturated heterocycles. The van der Waals surface area contributed by atoms with Gasteiger partial charge in [0.15, 0.2) is 0 Å². The molecule has 2 aromatic rings. The number of halogens is 1. The standard InChI is InChI=1S/C15H15FN2O/c16-14-6-2-1-5-13(14)10-15(19)18-9-7-12-4-3-8-17-11-12/h1-6,8,11H,7,9-10H2,(H,18,19). The second-order valence-electron chi connectivity index (χ2n) is 4.23. The molecular weight excluding hydrogens is 243 g/mol. The van der Waals surface area contributed by atoms with Crippen LogP contribution in [-0.2, 0) is 17.6 Å². The molecule has 2 rings (SSSR count). The lowest BCUT2D eigenvalue weighted by atomic mass is 10.1. The molecule has 0 radical (unpaired) electrons. The van der Waals surface area contributed by atoms with Gasteiger partial charge in [0.05, 0.1) is 6.42 Å². The molecule has 1 aromatic heterocycles. The van der Waals surface area contributed by atoms with E-state index in [1.165, 1.54) is 6.07 Å². The minimum atomic E-state index is -0.343. The van der Waals surface area contributed by atoms with Crippen LogP contribution >= 0.6 is 0 Å². The molecule has 98 valence electrons. The number of nitrogens with one attached hydrogen (secondary N) is 1. The van der Waals surface area contributed by atoms with Crippen molar-refractivity contribution < 1.29 is 9.18 Å². The molecule has 0 spiro atoms. The Morgan fingerprint density at radius 1 is 1.21 bits per heavy atom. The van der Waals surface area contributed by atoms with E-state index in [9.17, 15) is 9.18 Å². The van der Waals surface area contributed by atoms with Crippen molar-refractivity contribution in [3.63, 3.8) is 0 Å². The Kier molecular flexibility index (Phi) is 4.61. The van der Waals surface area contributed by atoms with Crippen LogP contribution in [0.3, 0.4) is 0 Å². The van der Waals surface area contributed by atoms with Crippen LogP contribution < -0.4 is 5.32 Å². The van der Waals surface area contributed by atoms with Crippen molar-refractivity contribution >= 4 is 5.91 Å². The second-order valence-corrected chi connectivity index (χ2v) is 4.23. The van der Waals surface area contributed by atoms with Gasteiger partial charge in [-0.1, -0.05) is 24.3 Å². The highest BCUT2D eigenvalue weighted by Gasteiger charge is 2.06. The summed E-state index contributed by atoms with van der Waals surface area (Å²) in [4.78, 5) is 15.7. The molecule has 1 N–H and O–H groups in total. The quantitative estimate of drug-likeness (QED) is 0.892. The van der Waals surface area contributed by atoms with E-state index in [4.69, 9.17) is 0 Å². The van der Waals surface area contributed by atoms with Crippen LogP contribution in [0.4, 0.5) is 4.39 Å². The molecule has 0 aliphatic carbocycles. The van der Waals surface area contributed by atoms with Crippen LogP contribution in [0.2, 0.25) is 0 Å². The summed E-state index contributed by atoms with van der Waals surface area (Å²) in [5.41, 5.74) is 1.48. The molecule has 0 atom stereocenters. The van der Waals surface area contributed by atoms with E-state index in [0.29, 0.717) is 12.1 Å². The van der Waals surface area contributed by atoms with Gasteiger partial charge >= 0.3 is 0 Å². The van der Waals surface area contributed by atoms with E-state index in [-0.39, 0.29) is 18.1 Å². The summed E-state index contributed by atoms with van der Waals surface area (Å²) in [7, 11) is 0. The molecular formula is C15H15FN2O. The number of amides is 1. The van der Waals surface area contributed by atoms with Crippen molar-refractivity contribution in [1.29, 1.82) is 0 Å². The number of hydrogen-bond acceptors (Lipinski definition) is 2. The van der Waals surface area contributed by atoms with Crippen LogP contribution in [0.5, 0.6) is 0 Å². The number of pyridine rings is 1. The van der Waals surface area contributed by atoms with Gasteiger partial charge in [0.25, 0.3) is 0 Å². The van der Waals surface area contributed by atoms with Crippen molar-refractivity contribution in [2.24, 2.45) is 0 Å². The minimum Gasteiger partial charge on any atom is -0.355 e. The molecule has 4 heteroatoms. The predicted molar refractivity (Wildman–Crippen MR) is 71.1 cm³/mol. The highest BCUT2D eigenvalue weighted by atomic mass is 19.1. The van der Waals surface area contributed by atoms with Gasteiger partial charge in [-0.2, -0.15) is 0 Å². The Labute approximate surface area is 111 Å². The minimum absolute atomic E-state index is 0.0692. The smallest absolute Gasteiger partial charge is 0.224 e. The second kappa shape index (κ2) is 6.64. The van der Waals surface area contributed by atoms with Crippen molar-refractivity contribution in [3.8, 4) is 0 Å². The number of nitrogens with zero attached hydrogens (tertiary/aromatic N) is 1. The lowest BCUT2D eigenvalue weighted by Crippen LogP contribution is -2.27. The zero-order valence-corrected chi connectivity index (χ0v) is 10.5. The molecule has 0 bridgehead atoms. The van der Waals surface area contributed by atoms with Crippen molar-refractivity contribution in [2.75, 3.05) is 6.54 Å². The molecule has 19 heavy (non-hydrogen) atoms. The van der Waals surface area contributed by atoms with Crippen LogP contribution in [0.15, 0.2) is 48.8 Å². The fraction of sp³-hybridized carbons (Fsp3) is 0.200. The van der Waals surface area contributed by atoms with E-state index < -0.39 is 0 Å².